The van der Waals surface area contributed by atoms with Crippen molar-refractivity contribution in [3.63, 3.8) is 0 Å². The lowest BCUT2D eigenvalue weighted by molar-refractivity contribution is 0.109. The molecule has 0 aliphatic heterocycles. The van der Waals surface area contributed by atoms with Crippen molar-refractivity contribution in [1.82, 2.24) is 0 Å². The van der Waals surface area contributed by atoms with E-state index in [2.05, 4.69) is 57.0 Å². The second-order valence-corrected chi connectivity index (χ2v) is 9.14. The van der Waals surface area contributed by atoms with Crippen LogP contribution in [0.3, 0.4) is 0 Å². The van der Waals surface area contributed by atoms with Crippen LogP contribution in [0.5, 0.6) is 0 Å². The van der Waals surface area contributed by atoms with E-state index in [0.29, 0.717) is 5.41 Å². The molecule has 19 heavy (non-hydrogen) atoms. The summed E-state index contributed by atoms with van der Waals surface area (Å²) in [5, 5.41) is 0. The molecule has 0 spiro atoms. The summed E-state index contributed by atoms with van der Waals surface area (Å²) in [6.45, 7) is 2.15. The lowest BCUT2D eigenvalue weighted by Crippen LogP contribution is -2.34. The maximum atomic E-state index is 3.62. The highest BCUT2D eigenvalue weighted by Crippen LogP contribution is 2.51. The van der Waals surface area contributed by atoms with E-state index in [-0.39, 0.29) is 0 Å². The third kappa shape index (κ3) is 4.20. The third-order valence-electron chi connectivity index (χ3n) is 5.23. The van der Waals surface area contributed by atoms with E-state index in [9.17, 15) is 0 Å². The average Bonchev–Trinajstić information content (AvgIpc) is 2.40. The predicted molar refractivity (Wildman–Crippen MR) is 91.7 cm³/mol. The molecule has 108 valence electrons. The van der Waals surface area contributed by atoms with Crippen molar-refractivity contribution in [2.24, 2.45) is 17.3 Å². The fourth-order valence-corrected chi connectivity index (χ4v) is 5.17. The van der Waals surface area contributed by atoms with Crippen LogP contribution in [-0.4, -0.2) is 0 Å². The van der Waals surface area contributed by atoms with Gasteiger partial charge in [-0.3, -0.25) is 0 Å². The van der Waals surface area contributed by atoms with Crippen LogP contribution in [0, 0.1) is 17.3 Å². The van der Waals surface area contributed by atoms with Crippen LogP contribution in [0.2, 0.25) is 0 Å². The van der Waals surface area contributed by atoms with Crippen LogP contribution in [0.1, 0.15) is 64.7 Å². The highest BCUT2D eigenvalue weighted by Gasteiger charge is 2.39. The molecule has 0 radical (unpaired) electrons. The van der Waals surface area contributed by atoms with Gasteiger partial charge in [0, 0.05) is 0 Å². The molecule has 0 heterocycles. The normalized spacial score (nSPS) is 31.3. The van der Waals surface area contributed by atoms with Crippen LogP contribution in [0.4, 0.5) is 0 Å². The van der Waals surface area contributed by atoms with Gasteiger partial charge in [-0.25, -0.2) is 0 Å². The van der Waals surface area contributed by atoms with Gasteiger partial charge in [0.2, 0.25) is 0 Å². The van der Waals surface area contributed by atoms with E-state index in [1.165, 1.54) is 57.8 Å². The number of rotatable bonds is 3. The Hall–Kier alpha value is 0.440. The fraction of sp³-hybridized carbons (Fsp3) is 0.765. The molecule has 0 atom stereocenters. The molecule has 2 heteroatoms. The van der Waals surface area contributed by atoms with Gasteiger partial charge in [-0.05, 0) is 94.6 Å². The van der Waals surface area contributed by atoms with Crippen molar-refractivity contribution in [3.8, 4) is 0 Å². The van der Waals surface area contributed by atoms with Crippen LogP contribution in [0.15, 0.2) is 21.6 Å². The molecule has 0 N–H and O–H groups in total. The summed E-state index contributed by atoms with van der Waals surface area (Å²) in [5.41, 5.74) is 0.474. The van der Waals surface area contributed by atoms with Crippen molar-refractivity contribution < 1.29 is 0 Å². The number of halogens is 2. The summed E-state index contributed by atoms with van der Waals surface area (Å²) >= 11 is 7.23. The first-order chi connectivity index (χ1) is 9.16. The number of hydrogen-bond donors (Lipinski definition) is 0. The van der Waals surface area contributed by atoms with Crippen molar-refractivity contribution >= 4 is 31.9 Å². The maximum Gasteiger partial charge on any atom is 0.0570 e. The maximum absolute atomic E-state index is 3.62. The average molecular weight is 390 g/mol. The molecule has 2 saturated carbocycles. The SMILES string of the molecule is C/C=C/[C@H]1CC[C@H](C2(C=C(Br)Br)CCCCC2)CC1. The zero-order valence-corrected chi connectivity index (χ0v) is 15.2. The van der Waals surface area contributed by atoms with Crippen molar-refractivity contribution in [3.05, 3.63) is 21.6 Å². The minimum atomic E-state index is 0.474. The van der Waals surface area contributed by atoms with Gasteiger partial charge in [-0.1, -0.05) is 37.5 Å². The minimum absolute atomic E-state index is 0.474. The molecule has 2 fully saturated rings. The molecule has 0 aromatic rings. The molecule has 0 saturated heterocycles. The molecule has 0 aromatic carbocycles. The molecule has 2 aliphatic carbocycles. The Bertz CT molecular complexity index is 325. The van der Waals surface area contributed by atoms with E-state index in [0.717, 1.165) is 15.2 Å². The standard InChI is InChI=1S/C17H26Br2/c1-2-6-14-7-9-15(10-8-14)17(13-16(18)19)11-4-3-5-12-17/h2,6,13-15H,3-5,7-12H2,1H3/b6-2+/t14-,15-. The summed E-state index contributed by atoms with van der Waals surface area (Å²) in [4.78, 5) is 0. The fourth-order valence-electron chi connectivity index (χ4n) is 4.26. The first kappa shape index (κ1) is 15.8. The lowest BCUT2D eigenvalue weighted by atomic mass is 9.61. The number of allylic oxidation sites excluding steroid dienone is 3. The van der Waals surface area contributed by atoms with E-state index in [4.69, 9.17) is 0 Å². The molecule has 0 unspecified atom stereocenters. The smallest absolute Gasteiger partial charge is 0.0570 e. The topological polar surface area (TPSA) is 0 Å². The molecule has 0 nitrogen and oxygen atoms in total. The molecule has 2 rings (SSSR count). The van der Waals surface area contributed by atoms with Gasteiger partial charge >= 0.3 is 0 Å². The first-order valence-corrected chi connectivity index (χ1v) is 9.41. The van der Waals surface area contributed by atoms with E-state index in [1.807, 2.05) is 0 Å². The monoisotopic (exact) mass is 388 g/mol. The Morgan fingerprint density at radius 3 is 2.16 bits per heavy atom. The van der Waals surface area contributed by atoms with E-state index in [1.54, 1.807) is 0 Å². The van der Waals surface area contributed by atoms with Gasteiger partial charge in [0.15, 0.2) is 0 Å². The lowest BCUT2D eigenvalue weighted by Gasteiger charge is -2.44. The summed E-state index contributed by atoms with van der Waals surface area (Å²) in [6.07, 6.45) is 19.8. The molecule has 0 aromatic heterocycles. The Labute approximate surface area is 135 Å². The van der Waals surface area contributed by atoms with Gasteiger partial charge in [-0.15, -0.1) is 0 Å². The molecular weight excluding hydrogens is 364 g/mol. The zero-order valence-electron chi connectivity index (χ0n) is 12.0. The van der Waals surface area contributed by atoms with Crippen LogP contribution >= 0.6 is 31.9 Å². The highest BCUT2D eigenvalue weighted by atomic mass is 79.9. The second-order valence-electron chi connectivity index (χ2n) is 6.37. The molecule has 0 amide bonds. The summed E-state index contributed by atoms with van der Waals surface area (Å²) in [6, 6.07) is 0. The van der Waals surface area contributed by atoms with Crippen molar-refractivity contribution in [2.45, 2.75) is 64.7 Å². The Morgan fingerprint density at radius 1 is 1.00 bits per heavy atom. The Morgan fingerprint density at radius 2 is 1.63 bits per heavy atom. The van der Waals surface area contributed by atoms with Crippen LogP contribution < -0.4 is 0 Å². The minimum Gasteiger partial charge on any atom is -0.0914 e. The summed E-state index contributed by atoms with van der Waals surface area (Å²) in [5.74, 6) is 1.75. The van der Waals surface area contributed by atoms with Crippen LogP contribution in [0.25, 0.3) is 0 Å². The van der Waals surface area contributed by atoms with E-state index >= 15 is 0 Å². The van der Waals surface area contributed by atoms with Gasteiger partial charge < -0.3 is 0 Å². The largest absolute Gasteiger partial charge is 0.0914 e. The molecule has 2 aliphatic rings. The van der Waals surface area contributed by atoms with Gasteiger partial charge in [0.25, 0.3) is 0 Å². The quantitative estimate of drug-likeness (QED) is 0.458. The predicted octanol–water partition coefficient (Wildman–Crippen LogP) is 6.95. The third-order valence-corrected chi connectivity index (χ3v) is 5.69. The summed E-state index contributed by atoms with van der Waals surface area (Å²) in [7, 11) is 0. The molecule has 0 bridgehead atoms. The Kier molecular flexibility index (Phi) is 6.20. The highest BCUT2D eigenvalue weighted by molar-refractivity contribution is 9.28. The van der Waals surface area contributed by atoms with Gasteiger partial charge in [-0.2, -0.15) is 0 Å². The first-order valence-electron chi connectivity index (χ1n) is 7.83. The number of hydrogen-bond acceptors (Lipinski definition) is 0. The van der Waals surface area contributed by atoms with Crippen molar-refractivity contribution in [1.29, 1.82) is 0 Å². The van der Waals surface area contributed by atoms with Crippen LogP contribution in [-0.2, 0) is 0 Å². The molecular formula is C17H26Br2. The Balaban J connectivity index is 2.06. The second kappa shape index (κ2) is 7.45. The van der Waals surface area contributed by atoms with Gasteiger partial charge in [0.05, 0.1) is 3.39 Å². The van der Waals surface area contributed by atoms with Crippen molar-refractivity contribution in [2.75, 3.05) is 0 Å². The summed E-state index contributed by atoms with van der Waals surface area (Å²) < 4.78 is 1.16. The van der Waals surface area contributed by atoms with E-state index < -0.39 is 0 Å². The zero-order chi connectivity index (χ0) is 13.7. The van der Waals surface area contributed by atoms with Gasteiger partial charge in [0.1, 0.15) is 0 Å².